The molecule has 1 N–H and O–H groups in total. The standard InChI is InChI=1S/C11H13ClN2O2/c12-10-4-1-8(5-13-10)6-14(7-11(15)16)9-2-3-9/h1,4-5,9H,2-3,6-7H2,(H,15,16). The normalized spacial score (nSPS) is 15.4. The predicted octanol–water partition coefficient (Wildman–Crippen LogP) is 1.78. The smallest absolute Gasteiger partial charge is 0.317 e. The van der Waals surface area contributed by atoms with Crippen molar-refractivity contribution in [3.05, 3.63) is 29.0 Å². The van der Waals surface area contributed by atoms with Crippen molar-refractivity contribution < 1.29 is 9.90 Å². The van der Waals surface area contributed by atoms with E-state index in [1.807, 2.05) is 11.0 Å². The van der Waals surface area contributed by atoms with E-state index in [0.29, 0.717) is 17.7 Å². The van der Waals surface area contributed by atoms with Crippen LogP contribution in [-0.4, -0.2) is 33.5 Å². The van der Waals surface area contributed by atoms with Crippen LogP contribution in [0, 0.1) is 0 Å². The number of hydrogen-bond donors (Lipinski definition) is 1. The fourth-order valence-electron chi connectivity index (χ4n) is 1.66. The third-order valence-corrected chi connectivity index (χ3v) is 2.80. The Bertz CT molecular complexity index is 376. The van der Waals surface area contributed by atoms with Gasteiger partial charge in [0.25, 0.3) is 0 Å². The second kappa shape index (κ2) is 4.80. The van der Waals surface area contributed by atoms with Gasteiger partial charge in [-0.15, -0.1) is 0 Å². The Morgan fingerprint density at radius 3 is 2.81 bits per heavy atom. The minimum Gasteiger partial charge on any atom is -0.480 e. The van der Waals surface area contributed by atoms with Crippen LogP contribution in [0.4, 0.5) is 0 Å². The Balaban J connectivity index is 1.99. The average Bonchev–Trinajstić information content (AvgIpc) is 3.03. The van der Waals surface area contributed by atoms with Gasteiger partial charge in [-0.2, -0.15) is 0 Å². The van der Waals surface area contributed by atoms with Gasteiger partial charge in [0.15, 0.2) is 0 Å². The topological polar surface area (TPSA) is 53.4 Å². The maximum absolute atomic E-state index is 10.7. The molecule has 0 aromatic carbocycles. The van der Waals surface area contributed by atoms with E-state index in [0.717, 1.165) is 18.4 Å². The summed E-state index contributed by atoms with van der Waals surface area (Å²) in [6.07, 6.45) is 3.88. The van der Waals surface area contributed by atoms with Crippen LogP contribution in [0.1, 0.15) is 18.4 Å². The summed E-state index contributed by atoms with van der Waals surface area (Å²) in [4.78, 5) is 16.7. The summed E-state index contributed by atoms with van der Waals surface area (Å²) in [5.74, 6) is -0.783. The number of aromatic nitrogens is 1. The highest BCUT2D eigenvalue weighted by Crippen LogP contribution is 2.27. The van der Waals surface area contributed by atoms with Gasteiger partial charge in [-0.05, 0) is 24.5 Å². The van der Waals surface area contributed by atoms with Crippen LogP contribution < -0.4 is 0 Å². The molecule has 0 saturated heterocycles. The highest BCUT2D eigenvalue weighted by Gasteiger charge is 2.30. The quantitative estimate of drug-likeness (QED) is 0.798. The van der Waals surface area contributed by atoms with Crippen LogP contribution in [0.5, 0.6) is 0 Å². The lowest BCUT2D eigenvalue weighted by Gasteiger charge is -2.19. The van der Waals surface area contributed by atoms with E-state index in [9.17, 15) is 4.79 Å². The van der Waals surface area contributed by atoms with E-state index in [1.54, 1.807) is 12.3 Å². The zero-order valence-corrected chi connectivity index (χ0v) is 9.52. The summed E-state index contributed by atoms with van der Waals surface area (Å²) in [5.41, 5.74) is 0.998. The molecular weight excluding hydrogens is 228 g/mol. The first-order valence-electron chi connectivity index (χ1n) is 5.21. The number of nitrogens with zero attached hydrogens (tertiary/aromatic N) is 2. The highest BCUT2D eigenvalue weighted by atomic mass is 35.5. The first-order valence-corrected chi connectivity index (χ1v) is 5.59. The summed E-state index contributed by atoms with van der Waals surface area (Å²) in [6, 6.07) is 4.03. The molecule has 1 aromatic rings. The summed E-state index contributed by atoms with van der Waals surface area (Å²) < 4.78 is 0. The second-order valence-corrected chi connectivity index (χ2v) is 4.41. The molecule has 1 heterocycles. The molecule has 0 radical (unpaired) electrons. The lowest BCUT2D eigenvalue weighted by molar-refractivity contribution is -0.138. The van der Waals surface area contributed by atoms with Gasteiger partial charge in [-0.25, -0.2) is 4.98 Å². The molecule has 4 nitrogen and oxygen atoms in total. The Kier molecular flexibility index (Phi) is 3.41. The van der Waals surface area contributed by atoms with Crippen LogP contribution >= 0.6 is 11.6 Å². The van der Waals surface area contributed by atoms with Crippen molar-refractivity contribution in [3.8, 4) is 0 Å². The number of aliphatic carboxylic acids is 1. The van der Waals surface area contributed by atoms with Crippen LogP contribution in [0.3, 0.4) is 0 Å². The first kappa shape index (κ1) is 11.4. The number of rotatable bonds is 5. The maximum atomic E-state index is 10.7. The second-order valence-electron chi connectivity index (χ2n) is 4.02. The minimum atomic E-state index is -0.783. The van der Waals surface area contributed by atoms with Gasteiger partial charge in [-0.3, -0.25) is 9.69 Å². The van der Waals surface area contributed by atoms with Gasteiger partial charge in [-0.1, -0.05) is 17.7 Å². The van der Waals surface area contributed by atoms with E-state index in [1.165, 1.54) is 0 Å². The van der Waals surface area contributed by atoms with Crippen molar-refractivity contribution in [3.63, 3.8) is 0 Å². The van der Waals surface area contributed by atoms with E-state index >= 15 is 0 Å². The molecule has 0 amide bonds. The largest absolute Gasteiger partial charge is 0.480 e. The molecule has 1 saturated carbocycles. The van der Waals surface area contributed by atoms with Crippen molar-refractivity contribution in [2.24, 2.45) is 0 Å². The van der Waals surface area contributed by atoms with E-state index < -0.39 is 5.97 Å². The molecule has 0 spiro atoms. The molecule has 0 aliphatic heterocycles. The van der Waals surface area contributed by atoms with Crippen LogP contribution in [0.25, 0.3) is 0 Å². The SMILES string of the molecule is O=C(O)CN(Cc1ccc(Cl)nc1)C1CC1. The van der Waals surface area contributed by atoms with Crippen molar-refractivity contribution in [1.29, 1.82) is 0 Å². The zero-order valence-electron chi connectivity index (χ0n) is 8.77. The molecule has 5 heteroatoms. The number of carboxylic acid groups (broad SMARTS) is 1. The van der Waals surface area contributed by atoms with E-state index in [2.05, 4.69) is 4.98 Å². The average molecular weight is 241 g/mol. The lowest BCUT2D eigenvalue weighted by Crippen LogP contribution is -2.31. The van der Waals surface area contributed by atoms with E-state index in [4.69, 9.17) is 16.7 Å². The molecule has 1 fully saturated rings. The first-order chi connectivity index (χ1) is 7.65. The fourth-order valence-corrected chi connectivity index (χ4v) is 1.77. The summed E-state index contributed by atoms with van der Waals surface area (Å²) >= 11 is 5.69. The van der Waals surface area contributed by atoms with Gasteiger partial charge in [0.1, 0.15) is 5.15 Å². The zero-order chi connectivity index (χ0) is 11.5. The molecule has 1 aliphatic rings. The molecule has 0 atom stereocenters. The third kappa shape index (κ3) is 3.18. The molecular formula is C11H13ClN2O2. The Morgan fingerprint density at radius 2 is 2.31 bits per heavy atom. The third-order valence-electron chi connectivity index (χ3n) is 2.58. The molecule has 0 bridgehead atoms. The van der Waals surface area contributed by atoms with Crippen molar-refractivity contribution in [1.82, 2.24) is 9.88 Å². The predicted molar refractivity (Wildman–Crippen MR) is 60.3 cm³/mol. The number of halogens is 1. The van der Waals surface area contributed by atoms with Crippen LogP contribution in [0.15, 0.2) is 18.3 Å². The lowest BCUT2D eigenvalue weighted by atomic mass is 10.2. The number of hydrogen-bond acceptors (Lipinski definition) is 3. The van der Waals surface area contributed by atoms with Gasteiger partial charge in [0.2, 0.25) is 0 Å². The number of pyridine rings is 1. The van der Waals surface area contributed by atoms with Crippen LogP contribution in [0.2, 0.25) is 5.15 Å². The molecule has 86 valence electrons. The summed E-state index contributed by atoms with van der Waals surface area (Å²) in [6.45, 7) is 0.717. The van der Waals surface area contributed by atoms with Gasteiger partial charge >= 0.3 is 5.97 Å². The fraction of sp³-hybridized carbons (Fsp3) is 0.455. The number of carbonyl (C=O) groups is 1. The summed E-state index contributed by atoms with van der Waals surface area (Å²) in [7, 11) is 0. The van der Waals surface area contributed by atoms with Crippen molar-refractivity contribution in [2.75, 3.05) is 6.54 Å². The minimum absolute atomic E-state index is 0.0906. The van der Waals surface area contributed by atoms with Gasteiger partial charge in [0, 0.05) is 18.8 Å². The Labute approximate surface area is 98.9 Å². The van der Waals surface area contributed by atoms with Crippen molar-refractivity contribution >= 4 is 17.6 Å². The molecule has 1 aliphatic carbocycles. The van der Waals surface area contributed by atoms with Crippen LogP contribution in [-0.2, 0) is 11.3 Å². The van der Waals surface area contributed by atoms with Crippen molar-refractivity contribution in [2.45, 2.75) is 25.4 Å². The molecule has 16 heavy (non-hydrogen) atoms. The number of carboxylic acids is 1. The maximum Gasteiger partial charge on any atom is 0.317 e. The monoisotopic (exact) mass is 240 g/mol. The van der Waals surface area contributed by atoms with E-state index in [-0.39, 0.29) is 6.54 Å². The molecule has 1 aromatic heterocycles. The highest BCUT2D eigenvalue weighted by molar-refractivity contribution is 6.29. The molecule has 2 rings (SSSR count). The Hall–Kier alpha value is -1.13. The van der Waals surface area contributed by atoms with Gasteiger partial charge < -0.3 is 5.11 Å². The molecule has 0 unspecified atom stereocenters. The van der Waals surface area contributed by atoms with Gasteiger partial charge in [0.05, 0.1) is 6.54 Å². The Morgan fingerprint density at radius 1 is 1.56 bits per heavy atom. The summed E-state index contributed by atoms with van der Waals surface area (Å²) in [5, 5.41) is 9.26.